The molecule has 0 unspecified atom stereocenters. The van der Waals surface area contributed by atoms with E-state index < -0.39 is 0 Å². The van der Waals surface area contributed by atoms with Gasteiger partial charge in [-0.3, -0.25) is 0 Å². The fraction of sp³-hybridized carbons (Fsp3) is 0.625. The van der Waals surface area contributed by atoms with Crippen LogP contribution in [-0.2, 0) is 4.74 Å². The molecular weight excluding hydrogens is 258 g/mol. The van der Waals surface area contributed by atoms with Crippen LogP contribution in [0.1, 0.15) is 37.2 Å². The second kappa shape index (κ2) is 6.25. The number of benzene rings is 1. The Morgan fingerprint density at radius 3 is 2.63 bits per heavy atom. The van der Waals surface area contributed by atoms with Crippen molar-refractivity contribution in [2.75, 3.05) is 19.8 Å². The standard InChI is InChI=1S/C16H22ClNO/c17-16-4-2-1-3-15(16)13-9-14(10-13)18-11-12-5-7-19-8-6-12/h1-4,12-14,18H,5-11H2. The summed E-state index contributed by atoms with van der Waals surface area (Å²) in [5.74, 6) is 1.47. The van der Waals surface area contributed by atoms with Crippen molar-refractivity contribution in [2.24, 2.45) is 5.92 Å². The highest BCUT2D eigenvalue weighted by atomic mass is 35.5. The van der Waals surface area contributed by atoms with Crippen molar-refractivity contribution in [3.63, 3.8) is 0 Å². The molecule has 1 aromatic carbocycles. The smallest absolute Gasteiger partial charge is 0.0469 e. The van der Waals surface area contributed by atoms with Gasteiger partial charge in [0.15, 0.2) is 0 Å². The van der Waals surface area contributed by atoms with Gasteiger partial charge in [0.25, 0.3) is 0 Å². The first-order valence-corrected chi connectivity index (χ1v) is 7.76. The topological polar surface area (TPSA) is 21.3 Å². The van der Waals surface area contributed by atoms with Crippen LogP contribution >= 0.6 is 11.6 Å². The van der Waals surface area contributed by atoms with Crippen molar-refractivity contribution in [1.29, 1.82) is 0 Å². The summed E-state index contributed by atoms with van der Waals surface area (Å²) in [7, 11) is 0. The fourth-order valence-corrected chi connectivity index (χ4v) is 3.42. The molecule has 0 amide bonds. The molecule has 3 rings (SSSR count). The highest BCUT2D eigenvalue weighted by molar-refractivity contribution is 6.31. The number of nitrogens with one attached hydrogen (secondary N) is 1. The fourth-order valence-electron chi connectivity index (χ4n) is 3.13. The van der Waals surface area contributed by atoms with Crippen molar-refractivity contribution < 1.29 is 4.74 Å². The Morgan fingerprint density at radius 2 is 1.89 bits per heavy atom. The molecule has 1 aliphatic heterocycles. The summed E-state index contributed by atoms with van der Waals surface area (Å²) >= 11 is 6.24. The Bertz CT molecular complexity index is 411. The molecule has 1 N–H and O–H groups in total. The molecular formula is C16H22ClNO. The number of hydrogen-bond donors (Lipinski definition) is 1. The van der Waals surface area contributed by atoms with E-state index in [1.807, 2.05) is 12.1 Å². The average molecular weight is 280 g/mol. The van der Waals surface area contributed by atoms with Gasteiger partial charge in [-0.05, 0) is 55.7 Å². The van der Waals surface area contributed by atoms with E-state index in [-0.39, 0.29) is 0 Å². The number of hydrogen-bond acceptors (Lipinski definition) is 2. The van der Waals surface area contributed by atoms with Crippen LogP contribution in [0.25, 0.3) is 0 Å². The van der Waals surface area contributed by atoms with E-state index in [1.54, 1.807) is 0 Å². The Hall–Kier alpha value is -0.570. The van der Waals surface area contributed by atoms with Crippen LogP contribution in [0.5, 0.6) is 0 Å². The monoisotopic (exact) mass is 279 g/mol. The van der Waals surface area contributed by atoms with Gasteiger partial charge in [0.2, 0.25) is 0 Å². The zero-order valence-electron chi connectivity index (χ0n) is 11.3. The van der Waals surface area contributed by atoms with Gasteiger partial charge in [-0.25, -0.2) is 0 Å². The molecule has 0 atom stereocenters. The SMILES string of the molecule is Clc1ccccc1C1CC(NCC2CCOCC2)C1. The summed E-state index contributed by atoms with van der Waals surface area (Å²) in [5.41, 5.74) is 1.33. The molecule has 2 fully saturated rings. The maximum absolute atomic E-state index is 6.24. The molecule has 1 heterocycles. The predicted molar refractivity (Wildman–Crippen MR) is 78.8 cm³/mol. The Balaban J connectivity index is 1.42. The van der Waals surface area contributed by atoms with Gasteiger partial charge in [-0.2, -0.15) is 0 Å². The summed E-state index contributed by atoms with van der Waals surface area (Å²) in [6, 6.07) is 8.95. The molecule has 0 aromatic heterocycles. The molecule has 3 heteroatoms. The largest absolute Gasteiger partial charge is 0.381 e. The molecule has 19 heavy (non-hydrogen) atoms. The van der Waals surface area contributed by atoms with E-state index in [0.29, 0.717) is 12.0 Å². The lowest BCUT2D eigenvalue weighted by atomic mass is 9.75. The Morgan fingerprint density at radius 1 is 1.16 bits per heavy atom. The van der Waals surface area contributed by atoms with Crippen LogP contribution in [-0.4, -0.2) is 25.8 Å². The van der Waals surface area contributed by atoms with Crippen molar-refractivity contribution in [1.82, 2.24) is 5.32 Å². The maximum atomic E-state index is 6.24. The van der Waals surface area contributed by atoms with E-state index in [9.17, 15) is 0 Å². The lowest BCUT2D eigenvalue weighted by Gasteiger charge is -2.38. The molecule has 0 bridgehead atoms. The number of halogens is 1. The van der Waals surface area contributed by atoms with Gasteiger partial charge in [0, 0.05) is 24.3 Å². The molecule has 2 nitrogen and oxygen atoms in total. The lowest BCUT2D eigenvalue weighted by molar-refractivity contribution is 0.0640. The normalized spacial score (nSPS) is 28.1. The van der Waals surface area contributed by atoms with E-state index in [4.69, 9.17) is 16.3 Å². The third-order valence-corrected chi connectivity index (χ3v) is 4.86. The van der Waals surface area contributed by atoms with Gasteiger partial charge >= 0.3 is 0 Å². The minimum Gasteiger partial charge on any atom is -0.381 e. The number of ether oxygens (including phenoxy) is 1. The third-order valence-electron chi connectivity index (χ3n) is 4.52. The van der Waals surface area contributed by atoms with Crippen molar-refractivity contribution in [3.05, 3.63) is 34.9 Å². The highest BCUT2D eigenvalue weighted by Gasteiger charge is 2.31. The summed E-state index contributed by atoms with van der Waals surface area (Å²) in [5, 5.41) is 4.64. The first-order chi connectivity index (χ1) is 9.33. The molecule has 104 valence electrons. The molecule has 0 spiro atoms. The molecule has 1 saturated heterocycles. The summed E-state index contributed by atoms with van der Waals surface area (Å²) < 4.78 is 5.39. The van der Waals surface area contributed by atoms with Gasteiger partial charge in [-0.15, -0.1) is 0 Å². The van der Waals surface area contributed by atoms with E-state index in [0.717, 1.165) is 30.7 Å². The minimum atomic E-state index is 0.654. The average Bonchev–Trinajstić information content (AvgIpc) is 2.40. The van der Waals surface area contributed by atoms with E-state index >= 15 is 0 Å². The summed E-state index contributed by atoms with van der Waals surface area (Å²) in [6.45, 7) is 3.04. The molecule has 1 saturated carbocycles. The molecule has 1 aliphatic carbocycles. The number of rotatable bonds is 4. The van der Waals surface area contributed by atoms with Gasteiger partial charge in [0.05, 0.1) is 0 Å². The van der Waals surface area contributed by atoms with Gasteiger partial charge in [-0.1, -0.05) is 29.8 Å². The van der Waals surface area contributed by atoms with E-state index in [1.165, 1.54) is 31.2 Å². The Labute approximate surface area is 120 Å². The van der Waals surface area contributed by atoms with Crippen LogP contribution in [0, 0.1) is 5.92 Å². The van der Waals surface area contributed by atoms with Crippen molar-refractivity contribution in [3.8, 4) is 0 Å². The molecule has 1 aromatic rings. The zero-order chi connectivity index (χ0) is 13.1. The van der Waals surface area contributed by atoms with Crippen molar-refractivity contribution >= 4 is 11.6 Å². The van der Waals surface area contributed by atoms with Crippen LogP contribution in [0.3, 0.4) is 0 Å². The minimum absolute atomic E-state index is 0.654. The summed E-state index contributed by atoms with van der Waals surface area (Å²) in [6.07, 6.45) is 4.89. The van der Waals surface area contributed by atoms with Crippen LogP contribution in [0.15, 0.2) is 24.3 Å². The van der Waals surface area contributed by atoms with Crippen LogP contribution < -0.4 is 5.32 Å². The molecule has 2 aliphatic rings. The first kappa shape index (κ1) is 13.4. The van der Waals surface area contributed by atoms with Gasteiger partial charge < -0.3 is 10.1 Å². The molecule has 0 radical (unpaired) electrons. The maximum Gasteiger partial charge on any atom is 0.0469 e. The quantitative estimate of drug-likeness (QED) is 0.909. The third kappa shape index (κ3) is 3.31. The Kier molecular flexibility index (Phi) is 4.42. The van der Waals surface area contributed by atoms with E-state index in [2.05, 4.69) is 17.4 Å². The van der Waals surface area contributed by atoms with Crippen LogP contribution in [0.2, 0.25) is 5.02 Å². The van der Waals surface area contributed by atoms with Gasteiger partial charge in [0.1, 0.15) is 0 Å². The second-order valence-corrected chi connectivity index (χ2v) is 6.26. The summed E-state index contributed by atoms with van der Waals surface area (Å²) in [4.78, 5) is 0. The highest BCUT2D eigenvalue weighted by Crippen LogP contribution is 2.39. The van der Waals surface area contributed by atoms with Crippen molar-refractivity contribution in [2.45, 2.75) is 37.6 Å². The lowest BCUT2D eigenvalue weighted by Crippen LogP contribution is -2.43. The second-order valence-electron chi connectivity index (χ2n) is 5.85. The first-order valence-electron chi connectivity index (χ1n) is 7.38. The predicted octanol–water partition coefficient (Wildman–Crippen LogP) is 3.60. The van der Waals surface area contributed by atoms with Crippen LogP contribution in [0.4, 0.5) is 0 Å². The zero-order valence-corrected chi connectivity index (χ0v) is 12.0.